The second-order valence-corrected chi connectivity index (χ2v) is 6.90. The van der Waals surface area contributed by atoms with Crippen LogP contribution in [0.15, 0.2) is 36.5 Å². The van der Waals surface area contributed by atoms with Crippen molar-refractivity contribution in [1.29, 1.82) is 0 Å². The molecule has 2 aromatic rings. The van der Waals surface area contributed by atoms with Gasteiger partial charge in [-0.15, -0.1) is 0 Å². The van der Waals surface area contributed by atoms with Crippen molar-refractivity contribution in [3.05, 3.63) is 42.2 Å². The number of urea groups is 1. The molecule has 9 nitrogen and oxygen atoms in total. The molecule has 0 bridgehead atoms. The van der Waals surface area contributed by atoms with E-state index in [-0.39, 0.29) is 23.6 Å². The summed E-state index contributed by atoms with van der Waals surface area (Å²) in [6, 6.07) is 8.44. The molecule has 3 rings (SSSR count). The number of piperidine rings is 1. The van der Waals surface area contributed by atoms with E-state index in [1.807, 2.05) is 0 Å². The zero-order valence-electron chi connectivity index (χ0n) is 15.8. The van der Waals surface area contributed by atoms with Gasteiger partial charge in [0, 0.05) is 39.3 Å². The Morgan fingerprint density at radius 3 is 2.43 bits per heavy atom. The Bertz CT molecular complexity index is 884. The second kappa shape index (κ2) is 8.12. The lowest BCUT2D eigenvalue weighted by atomic mass is 9.96. The summed E-state index contributed by atoms with van der Waals surface area (Å²) in [7, 11) is 3.42. The molecule has 28 heavy (non-hydrogen) atoms. The molecule has 0 aliphatic carbocycles. The molecule has 3 amide bonds. The van der Waals surface area contributed by atoms with Crippen LogP contribution in [0.3, 0.4) is 0 Å². The normalized spacial score (nSPS) is 14.6. The summed E-state index contributed by atoms with van der Waals surface area (Å²) in [6.07, 6.45) is 2.73. The SMILES string of the molecule is CN(C)C(=O)N1CCC(C(=O)Nc2ccccc2-n2ccc(C(=O)O)n2)CC1. The van der Waals surface area contributed by atoms with Crippen molar-refractivity contribution in [3.8, 4) is 5.69 Å². The molecule has 0 radical (unpaired) electrons. The molecule has 1 aliphatic heterocycles. The van der Waals surface area contributed by atoms with Gasteiger partial charge in [-0.3, -0.25) is 4.79 Å². The molecular formula is C19H23N5O4. The summed E-state index contributed by atoms with van der Waals surface area (Å²) >= 11 is 0. The highest BCUT2D eigenvalue weighted by Gasteiger charge is 2.28. The standard InChI is InChI=1S/C19H23N5O4/c1-22(2)19(28)23-10-7-13(8-11-23)17(25)20-14-5-3-4-6-16(14)24-12-9-15(21-24)18(26)27/h3-6,9,12-13H,7-8,10-11H2,1-2H3,(H,20,25)(H,26,27). The van der Waals surface area contributed by atoms with Crippen LogP contribution in [0.4, 0.5) is 10.5 Å². The molecule has 1 fully saturated rings. The summed E-state index contributed by atoms with van der Waals surface area (Å²) in [5.41, 5.74) is 1.07. The van der Waals surface area contributed by atoms with Gasteiger partial charge in [0.05, 0.1) is 11.4 Å². The van der Waals surface area contributed by atoms with Gasteiger partial charge in [0.25, 0.3) is 0 Å². The van der Waals surface area contributed by atoms with Crippen LogP contribution in [0, 0.1) is 5.92 Å². The van der Waals surface area contributed by atoms with Gasteiger partial charge in [-0.05, 0) is 31.0 Å². The van der Waals surface area contributed by atoms with E-state index in [9.17, 15) is 14.4 Å². The first-order valence-electron chi connectivity index (χ1n) is 9.02. The fourth-order valence-corrected chi connectivity index (χ4v) is 3.20. The number of rotatable bonds is 4. The number of likely N-dealkylation sites (tertiary alicyclic amines) is 1. The van der Waals surface area contributed by atoms with Crippen LogP contribution in [0.2, 0.25) is 0 Å². The number of nitrogens with zero attached hydrogens (tertiary/aromatic N) is 4. The molecule has 0 saturated carbocycles. The van der Waals surface area contributed by atoms with Crippen molar-refractivity contribution in [2.45, 2.75) is 12.8 Å². The van der Waals surface area contributed by atoms with E-state index in [0.29, 0.717) is 37.3 Å². The number of aromatic nitrogens is 2. The number of carboxylic acids is 1. The van der Waals surface area contributed by atoms with Crippen molar-refractivity contribution < 1.29 is 19.5 Å². The number of hydrogen-bond acceptors (Lipinski definition) is 4. The van der Waals surface area contributed by atoms with Crippen LogP contribution in [0.25, 0.3) is 5.69 Å². The minimum atomic E-state index is -1.11. The van der Waals surface area contributed by atoms with E-state index in [2.05, 4.69) is 10.4 Å². The summed E-state index contributed by atoms with van der Waals surface area (Å²) in [4.78, 5) is 39.1. The van der Waals surface area contributed by atoms with Crippen molar-refractivity contribution in [2.75, 3.05) is 32.5 Å². The van der Waals surface area contributed by atoms with E-state index >= 15 is 0 Å². The molecule has 2 heterocycles. The quantitative estimate of drug-likeness (QED) is 0.836. The van der Waals surface area contributed by atoms with Gasteiger partial charge >= 0.3 is 12.0 Å². The zero-order chi connectivity index (χ0) is 20.3. The second-order valence-electron chi connectivity index (χ2n) is 6.90. The first-order chi connectivity index (χ1) is 13.4. The van der Waals surface area contributed by atoms with Crippen molar-refractivity contribution in [1.82, 2.24) is 19.6 Å². The molecule has 1 aliphatic rings. The van der Waals surface area contributed by atoms with Crippen LogP contribution in [0.1, 0.15) is 23.3 Å². The molecule has 0 spiro atoms. The predicted molar refractivity (Wildman–Crippen MR) is 103 cm³/mol. The van der Waals surface area contributed by atoms with Crippen LogP contribution in [0.5, 0.6) is 0 Å². The number of para-hydroxylation sites is 2. The number of amides is 3. The largest absolute Gasteiger partial charge is 0.476 e. The Hall–Kier alpha value is -3.36. The molecule has 2 N–H and O–H groups in total. The molecule has 1 aromatic heterocycles. The number of aromatic carboxylic acids is 1. The minimum Gasteiger partial charge on any atom is -0.476 e. The lowest BCUT2D eigenvalue weighted by Gasteiger charge is -2.33. The Morgan fingerprint density at radius 1 is 1.14 bits per heavy atom. The third-order valence-corrected chi connectivity index (χ3v) is 4.74. The summed E-state index contributed by atoms with van der Waals surface area (Å²) < 4.78 is 1.43. The zero-order valence-corrected chi connectivity index (χ0v) is 15.8. The predicted octanol–water partition coefficient (Wildman–Crippen LogP) is 1.90. The number of benzene rings is 1. The third kappa shape index (κ3) is 4.13. The fourth-order valence-electron chi connectivity index (χ4n) is 3.20. The van der Waals surface area contributed by atoms with E-state index < -0.39 is 5.97 Å². The van der Waals surface area contributed by atoms with Crippen molar-refractivity contribution >= 4 is 23.6 Å². The van der Waals surface area contributed by atoms with E-state index in [4.69, 9.17) is 5.11 Å². The van der Waals surface area contributed by atoms with Gasteiger partial charge in [-0.2, -0.15) is 5.10 Å². The monoisotopic (exact) mass is 385 g/mol. The summed E-state index contributed by atoms with van der Waals surface area (Å²) in [6.45, 7) is 1.08. The Balaban J connectivity index is 1.68. The van der Waals surface area contributed by atoms with Crippen LogP contribution in [-0.4, -0.2) is 69.8 Å². The number of carbonyl (C=O) groups is 3. The molecular weight excluding hydrogens is 362 g/mol. The Morgan fingerprint density at radius 2 is 1.82 bits per heavy atom. The molecule has 0 atom stereocenters. The summed E-state index contributed by atoms with van der Waals surface area (Å²) in [5, 5.41) is 16.0. The minimum absolute atomic E-state index is 0.0443. The first-order valence-corrected chi connectivity index (χ1v) is 9.02. The average Bonchev–Trinajstić information content (AvgIpc) is 3.18. The third-order valence-electron chi connectivity index (χ3n) is 4.74. The van der Waals surface area contributed by atoms with Crippen molar-refractivity contribution in [2.24, 2.45) is 5.92 Å². The van der Waals surface area contributed by atoms with Gasteiger partial charge in [0.15, 0.2) is 5.69 Å². The first kappa shape index (κ1) is 19.4. The van der Waals surface area contributed by atoms with Gasteiger partial charge in [-0.1, -0.05) is 12.1 Å². The number of nitrogens with one attached hydrogen (secondary N) is 1. The van der Waals surface area contributed by atoms with E-state index in [1.165, 1.54) is 15.6 Å². The van der Waals surface area contributed by atoms with Gasteiger partial charge in [0.1, 0.15) is 0 Å². The van der Waals surface area contributed by atoms with E-state index in [1.54, 1.807) is 49.5 Å². The molecule has 1 saturated heterocycles. The highest BCUT2D eigenvalue weighted by molar-refractivity contribution is 5.94. The highest BCUT2D eigenvalue weighted by Crippen LogP contribution is 2.24. The van der Waals surface area contributed by atoms with Crippen LogP contribution in [-0.2, 0) is 4.79 Å². The topological polar surface area (TPSA) is 108 Å². The fraction of sp³-hybridized carbons (Fsp3) is 0.368. The molecule has 0 unspecified atom stereocenters. The molecule has 148 valence electrons. The maximum atomic E-state index is 12.7. The molecule has 1 aromatic carbocycles. The average molecular weight is 385 g/mol. The Labute approximate surface area is 162 Å². The Kier molecular flexibility index (Phi) is 5.62. The number of carbonyl (C=O) groups excluding carboxylic acids is 2. The lowest BCUT2D eigenvalue weighted by molar-refractivity contribution is -0.121. The lowest BCUT2D eigenvalue weighted by Crippen LogP contribution is -2.45. The molecule has 9 heteroatoms. The van der Waals surface area contributed by atoms with E-state index in [0.717, 1.165) is 0 Å². The summed E-state index contributed by atoms with van der Waals surface area (Å²) in [5.74, 6) is -1.42. The number of hydrogen-bond donors (Lipinski definition) is 2. The van der Waals surface area contributed by atoms with Gasteiger partial charge in [-0.25, -0.2) is 14.3 Å². The number of anilines is 1. The van der Waals surface area contributed by atoms with Crippen molar-refractivity contribution in [3.63, 3.8) is 0 Å². The number of carboxylic acid groups (broad SMARTS) is 1. The van der Waals surface area contributed by atoms with Gasteiger partial charge in [0.2, 0.25) is 5.91 Å². The highest BCUT2D eigenvalue weighted by atomic mass is 16.4. The maximum absolute atomic E-state index is 12.7. The van der Waals surface area contributed by atoms with Crippen LogP contribution < -0.4 is 5.32 Å². The van der Waals surface area contributed by atoms with Gasteiger partial charge < -0.3 is 20.2 Å². The maximum Gasteiger partial charge on any atom is 0.356 e. The smallest absolute Gasteiger partial charge is 0.356 e. The van der Waals surface area contributed by atoms with Crippen LogP contribution >= 0.6 is 0 Å².